The van der Waals surface area contributed by atoms with Gasteiger partial charge in [0.25, 0.3) is 0 Å². The molecule has 0 bridgehead atoms. The van der Waals surface area contributed by atoms with E-state index in [2.05, 4.69) is 26.7 Å². The Morgan fingerprint density at radius 3 is 1.63 bits per heavy atom. The average molecular weight is 975 g/mol. The Morgan fingerprint density at radius 1 is 0.702 bits per heavy atom. The van der Waals surface area contributed by atoms with Crippen LogP contribution in [0.4, 0.5) is 41.1 Å². The number of hydrogen-bond donors (Lipinski definition) is 2. The third-order valence-electron chi connectivity index (χ3n) is 9.25. The molecule has 23 heteroatoms. The van der Waals surface area contributed by atoms with Gasteiger partial charge in [0.05, 0.1) is 73.5 Å². The summed E-state index contributed by atoms with van der Waals surface area (Å²) in [5.74, 6) is -0.830. The van der Waals surface area contributed by atoms with Crippen LogP contribution < -0.4 is 19.6 Å². The zero-order valence-electron chi connectivity index (χ0n) is 30.1. The number of rotatable bonds is 8. The molecule has 6 heterocycles. The number of hydrogen-bond acceptors (Lipinski definition) is 16. The standard InChI is InChI=1S/C17H20FN5O4.C17H18FN5O2.4O.Os/c18-13-7-11(1-2-14(13)21-5-3-15(24)16(25)10-21)23-9-12(27-17(23)26)8-22-6-4-19-20-22;18-15-10-13(4-5-16(15)21-7-2-1-3-8-21)23-12-14(25-17(23)24)11-22-9-6-19-20-22;;;;;/h1-2,4,6-7,12,15-16,24-25H,3,5,8-10H2;1-2,4-6,9-10,14H,3,7-8,11-12H2;;;;;/t12-,15+,16-;14-;;;;;/m00...../s1. The summed E-state index contributed by atoms with van der Waals surface area (Å²) in [6, 6.07) is 9.39. The first kappa shape index (κ1) is 40.9. The van der Waals surface area contributed by atoms with Gasteiger partial charge in [-0.25, -0.2) is 27.7 Å². The second-order valence-electron chi connectivity index (χ2n) is 13.2. The summed E-state index contributed by atoms with van der Waals surface area (Å²) in [6.07, 6.45) is 8.43. The quantitative estimate of drug-likeness (QED) is 0.241. The van der Waals surface area contributed by atoms with Crippen molar-refractivity contribution in [2.24, 2.45) is 0 Å². The minimum absolute atomic E-state index is 0.156. The number of carbonyl (C=O) groups is 2. The van der Waals surface area contributed by atoms with Gasteiger partial charge in [0.2, 0.25) is 0 Å². The number of β-amino-alcohol motifs (C(OH)–C–C–N with tert-alkyl or cyclic N) is 1. The van der Waals surface area contributed by atoms with Crippen molar-refractivity contribution in [1.29, 1.82) is 0 Å². The molecule has 4 aromatic rings. The molecule has 20 nitrogen and oxygen atoms in total. The van der Waals surface area contributed by atoms with E-state index in [0.717, 1.165) is 13.0 Å². The normalized spacial score (nSPS) is 22.0. The van der Waals surface area contributed by atoms with E-state index >= 15 is 0 Å². The number of benzene rings is 2. The van der Waals surface area contributed by atoms with Crippen LogP contribution in [0, 0.1) is 11.6 Å². The van der Waals surface area contributed by atoms with E-state index in [1.54, 1.807) is 63.3 Å². The van der Waals surface area contributed by atoms with Crippen LogP contribution in [-0.4, -0.2) is 116 Å². The average Bonchev–Trinajstić information content (AvgIpc) is 4.00. The summed E-state index contributed by atoms with van der Waals surface area (Å²) >= 11 is -6.06. The Labute approximate surface area is 325 Å². The van der Waals surface area contributed by atoms with E-state index in [1.165, 1.54) is 21.9 Å². The Bertz CT molecular complexity index is 2270. The maximum atomic E-state index is 14.7. The molecule has 0 spiro atoms. The van der Waals surface area contributed by atoms with E-state index < -0.39 is 51.2 Å². The Morgan fingerprint density at radius 2 is 1.21 bits per heavy atom. The molecular formula is C34H38F2N10O10Os. The van der Waals surface area contributed by atoms with E-state index in [4.69, 9.17) is 23.6 Å². The number of ether oxygens (including phenoxy) is 2. The van der Waals surface area contributed by atoms with Gasteiger partial charge in [0, 0.05) is 38.6 Å². The molecule has 0 saturated carbocycles. The van der Waals surface area contributed by atoms with Gasteiger partial charge in [-0.1, -0.05) is 22.6 Å². The predicted octanol–water partition coefficient (Wildman–Crippen LogP) is 2.11. The Balaban J connectivity index is 0.000000173. The fraction of sp³-hybridized carbons (Fsp3) is 0.412. The summed E-state index contributed by atoms with van der Waals surface area (Å²) in [5.41, 5.74) is 1.79. The molecule has 4 atom stereocenters. The summed E-state index contributed by atoms with van der Waals surface area (Å²) < 4.78 is 77.6. The second kappa shape index (κ2) is 18.0. The van der Waals surface area contributed by atoms with Gasteiger partial charge in [0.15, 0.2) is 0 Å². The fourth-order valence-electron chi connectivity index (χ4n) is 6.57. The molecule has 2 amide bonds. The van der Waals surface area contributed by atoms with Crippen molar-refractivity contribution >= 4 is 34.9 Å². The van der Waals surface area contributed by atoms with Crippen LogP contribution in [0.3, 0.4) is 0 Å². The van der Waals surface area contributed by atoms with Crippen molar-refractivity contribution in [2.45, 2.75) is 50.3 Å². The van der Waals surface area contributed by atoms with Crippen LogP contribution in [0.1, 0.15) is 12.8 Å². The number of halogens is 2. The van der Waals surface area contributed by atoms with Gasteiger partial charge in [-0.3, -0.25) is 9.80 Å². The summed E-state index contributed by atoms with van der Waals surface area (Å²) in [4.78, 5) is 30.8. The Hall–Kier alpha value is -5.78. The molecule has 0 unspecified atom stereocenters. The molecule has 4 aliphatic rings. The second-order valence-corrected chi connectivity index (χ2v) is 15.7. The zero-order chi connectivity index (χ0) is 40.7. The number of amides is 2. The summed E-state index contributed by atoms with van der Waals surface area (Å²) in [6.45, 7) is 3.51. The van der Waals surface area contributed by atoms with Crippen LogP contribution in [0.25, 0.3) is 0 Å². The molecule has 2 aromatic heterocycles. The first-order valence-corrected chi connectivity index (χ1v) is 21.7. The summed E-state index contributed by atoms with van der Waals surface area (Å²) in [7, 11) is 0. The molecule has 3 saturated heterocycles. The van der Waals surface area contributed by atoms with E-state index in [1.807, 2.05) is 11.0 Å². The van der Waals surface area contributed by atoms with Gasteiger partial charge < -0.3 is 29.5 Å². The zero-order valence-corrected chi connectivity index (χ0v) is 32.6. The van der Waals surface area contributed by atoms with Gasteiger partial charge in [-0.2, -0.15) is 0 Å². The molecule has 57 heavy (non-hydrogen) atoms. The number of aliphatic hydroxyl groups excluding tert-OH is 2. The number of anilines is 4. The molecule has 2 aromatic carbocycles. The minimum atomic E-state index is -6.06. The van der Waals surface area contributed by atoms with Crippen molar-refractivity contribution in [3.05, 3.63) is 85.0 Å². The maximum absolute atomic E-state index is 14.7. The number of piperidine rings is 1. The number of aromatic nitrogens is 6. The Kier molecular flexibility index (Phi) is 12.9. The molecule has 3 fully saturated rings. The SMILES string of the molecule is O=C1O[C@@H](Cn2ccnn2)CN1c1ccc(N2CC=CCC2)c(F)c1.O=C1O[C@@H](Cn2ccnn2)CN1c1ccc(N2CC[C@@H](O)[C@@H](O)C2)c(F)c1.[O]=[Os](=[O])(=[O])=[O]. The van der Waals surface area contributed by atoms with Crippen molar-refractivity contribution in [3.63, 3.8) is 0 Å². The van der Waals surface area contributed by atoms with Crippen molar-refractivity contribution in [2.75, 3.05) is 58.9 Å². The number of cyclic esters (lactones) is 2. The number of carbonyl (C=O) groups excluding carboxylic acids is 2. The van der Waals surface area contributed by atoms with Crippen molar-refractivity contribution in [1.82, 2.24) is 30.0 Å². The molecule has 8 rings (SSSR count). The van der Waals surface area contributed by atoms with E-state index in [-0.39, 0.29) is 25.0 Å². The summed E-state index contributed by atoms with van der Waals surface area (Å²) in [5, 5.41) is 34.6. The number of nitrogens with zero attached hydrogens (tertiary/aromatic N) is 10. The topological polar surface area (TPSA) is 236 Å². The van der Waals surface area contributed by atoms with Crippen LogP contribution in [0.15, 0.2) is 73.3 Å². The molecule has 0 radical (unpaired) electrons. The van der Waals surface area contributed by atoms with Gasteiger partial charge in [0.1, 0.15) is 23.8 Å². The third kappa shape index (κ3) is 11.0. The van der Waals surface area contributed by atoms with Gasteiger partial charge in [-0.15, -0.1) is 10.2 Å². The van der Waals surface area contributed by atoms with Crippen LogP contribution in [0.2, 0.25) is 0 Å². The van der Waals surface area contributed by atoms with Gasteiger partial charge >= 0.3 is 41.2 Å². The van der Waals surface area contributed by atoms with E-state index in [0.29, 0.717) is 61.9 Å². The first-order valence-electron chi connectivity index (χ1n) is 17.5. The fourth-order valence-corrected chi connectivity index (χ4v) is 6.57. The molecule has 0 aliphatic carbocycles. The van der Waals surface area contributed by atoms with Crippen LogP contribution in [0.5, 0.6) is 0 Å². The van der Waals surface area contributed by atoms with Gasteiger partial charge in [-0.05, 0) is 49.2 Å². The number of aliphatic hydroxyl groups is 2. The van der Waals surface area contributed by atoms with Crippen LogP contribution in [-0.2, 0) is 51.6 Å². The van der Waals surface area contributed by atoms with E-state index in [9.17, 15) is 28.6 Å². The van der Waals surface area contributed by atoms with Crippen molar-refractivity contribution < 1.29 is 67.1 Å². The predicted molar refractivity (Wildman–Crippen MR) is 186 cm³/mol. The molecule has 2 N–H and O–H groups in total. The van der Waals surface area contributed by atoms with Crippen LogP contribution >= 0.6 is 0 Å². The first-order chi connectivity index (χ1) is 27.2. The molecular weight excluding hydrogens is 937 g/mol. The molecule has 4 aliphatic heterocycles. The monoisotopic (exact) mass is 976 g/mol. The molecule has 306 valence electrons. The van der Waals surface area contributed by atoms with Crippen molar-refractivity contribution in [3.8, 4) is 0 Å². The third-order valence-corrected chi connectivity index (χ3v) is 9.25.